The second-order valence-corrected chi connectivity index (χ2v) is 12.8. The molecule has 220 valence electrons. The van der Waals surface area contributed by atoms with E-state index in [4.69, 9.17) is 15.0 Å². The molecule has 1 fully saturated rings. The van der Waals surface area contributed by atoms with Crippen molar-refractivity contribution in [2.24, 2.45) is 0 Å². The second-order valence-electron chi connectivity index (χ2n) is 8.93. The summed E-state index contributed by atoms with van der Waals surface area (Å²) in [7, 11) is -3.68. The van der Waals surface area contributed by atoms with Gasteiger partial charge in [-0.3, -0.25) is 9.62 Å². The number of hydrogen-bond acceptors (Lipinski definition) is 8. The Morgan fingerprint density at radius 1 is 1.15 bits per heavy atom. The summed E-state index contributed by atoms with van der Waals surface area (Å²) in [4.78, 5) is 32.6. The summed E-state index contributed by atoms with van der Waals surface area (Å²) in [5.41, 5.74) is 2.74. The minimum Gasteiger partial charge on any atom is -0.475 e. The van der Waals surface area contributed by atoms with Gasteiger partial charge in [0.05, 0.1) is 16.9 Å². The number of aromatic amines is 1. The Morgan fingerprint density at radius 3 is 2.41 bits per heavy atom. The first-order valence-corrected chi connectivity index (χ1v) is 15.1. The number of piperazine rings is 1. The molecule has 1 aromatic carbocycles. The summed E-state index contributed by atoms with van der Waals surface area (Å²) >= 11 is 2.77. The monoisotopic (exact) mass is 631 g/mol. The Labute approximate surface area is 239 Å². The molecular weight excluding hydrogens is 607 g/mol. The minimum absolute atomic E-state index is 0.310. The van der Waals surface area contributed by atoms with Crippen molar-refractivity contribution in [1.29, 1.82) is 0 Å². The first kappa shape index (κ1) is 30.3. The Bertz CT molecular complexity index is 1660. The molecule has 4 aromatic rings. The van der Waals surface area contributed by atoms with Crippen molar-refractivity contribution in [3.63, 3.8) is 0 Å². The Balaban J connectivity index is 0.000000493. The lowest BCUT2D eigenvalue weighted by Crippen LogP contribution is -2.47. The van der Waals surface area contributed by atoms with E-state index in [2.05, 4.69) is 19.6 Å². The molecule has 0 unspecified atom stereocenters. The molecule has 0 spiro atoms. The highest BCUT2D eigenvalue weighted by Gasteiger charge is 2.38. The van der Waals surface area contributed by atoms with Gasteiger partial charge in [0.15, 0.2) is 0 Å². The largest absolute Gasteiger partial charge is 0.490 e. The third-order valence-corrected chi connectivity index (χ3v) is 10.1. The lowest BCUT2D eigenvalue weighted by Gasteiger charge is -2.32. The van der Waals surface area contributed by atoms with E-state index in [9.17, 15) is 26.4 Å². The quantitative estimate of drug-likeness (QED) is 0.234. The van der Waals surface area contributed by atoms with Gasteiger partial charge in [0.25, 0.3) is 10.0 Å². The number of H-pyrrole nitrogens is 1. The highest BCUT2D eigenvalue weighted by molar-refractivity contribution is 7.94. The molecule has 0 atom stereocenters. The molecule has 1 aliphatic rings. The SMILES string of the molecule is Cc1ccsc1S(=O)(=O)Nc1cccc2cc(-c3ncc(CN4CCN(C(=O)O)CC4)s3)[nH]c12.O=C(O)C(F)(F)F. The molecular formula is C24H24F3N5O6S3. The fourth-order valence-corrected chi connectivity index (χ4v) is 7.42. The molecule has 4 heterocycles. The number of fused-ring (bicyclic) bond motifs is 1. The maximum atomic E-state index is 12.9. The molecule has 3 aromatic heterocycles. The number of amides is 1. The van der Waals surface area contributed by atoms with E-state index < -0.39 is 28.3 Å². The normalized spacial score (nSPS) is 14.5. The topological polar surface area (TPSA) is 156 Å². The minimum atomic E-state index is -5.08. The van der Waals surface area contributed by atoms with Crippen molar-refractivity contribution in [3.05, 3.63) is 52.3 Å². The van der Waals surface area contributed by atoms with Crippen LogP contribution in [0.2, 0.25) is 0 Å². The number of thiophene rings is 1. The number of carbonyl (C=O) groups is 2. The fraction of sp³-hybridized carbons (Fsp3) is 0.292. The van der Waals surface area contributed by atoms with Crippen molar-refractivity contribution in [1.82, 2.24) is 19.8 Å². The van der Waals surface area contributed by atoms with E-state index in [1.165, 1.54) is 16.2 Å². The molecule has 0 radical (unpaired) electrons. The number of anilines is 1. The number of aliphatic carboxylic acids is 1. The van der Waals surface area contributed by atoms with Crippen LogP contribution in [0.4, 0.5) is 23.7 Å². The number of benzene rings is 1. The van der Waals surface area contributed by atoms with Gasteiger partial charge in [0, 0.05) is 49.2 Å². The first-order valence-electron chi connectivity index (χ1n) is 11.9. The number of alkyl halides is 3. The van der Waals surface area contributed by atoms with Crippen LogP contribution in [-0.4, -0.2) is 82.8 Å². The van der Waals surface area contributed by atoms with E-state index in [-0.39, 0.29) is 0 Å². The molecule has 17 heteroatoms. The highest BCUT2D eigenvalue weighted by atomic mass is 32.2. The maximum absolute atomic E-state index is 12.9. The number of carboxylic acids is 1. The van der Waals surface area contributed by atoms with Gasteiger partial charge in [0.1, 0.15) is 9.22 Å². The van der Waals surface area contributed by atoms with Crippen LogP contribution in [0.25, 0.3) is 21.6 Å². The zero-order valence-corrected chi connectivity index (χ0v) is 23.8. The number of aromatic nitrogens is 2. The summed E-state index contributed by atoms with van der Waals surface area (Å²) < 4.78 is 60.5. The number of hydrogen-bond donors (Lipinski definition) is 4. The number of nitrogens with zero attached hydrogens (tertiary/aromatic N) is 3. The van der Waals surface area contributed by atoms with E-state index in [0.717, 1.165) is 33.1 Å². The van der Waals surface area contributed by atoms with E-state index in [1.54, 1.807) is 35.8 Å². The van der Waals surface area contributed by atoms with Crippen LogP contribution in [-0.2, 0) is 21.4 Å². The molecule has 5 rings (SSSR count). The fourth-order valence-electron chi connectivity index (χ4n) is 4.00. The van der Waals surface area contributed by atoms with E-state index >= 15 is 0 Å². The third kappa shape index (κ3) is 7.35. The summed E-state index contributed by atoms with van der Waals surface area (Å²) in [5.74, 6) is -2.76. The highest BCUT2D eigenvalue weighted by Crippen LogP contribution is 2.33. The summed E-state index contributed by atoms with van der Waals surface area (Å²) in [5, 5.41) is 19.7. The van der Waals surface area contributed by atoms with Gasteiger partial charge in [-0.1, -0.05) is 12.1 Å². The Hall–Kier alpha value is -3.67. The van der Waals surface area contributed by atoms with Gasteiger partial charge in [-0.15, -0.1) is 22.7 Å². The van der Waals surface area contributed by atoms with Crippen molar-refractivity contribution < 1.29 is 41.4 Å². The summed E-state index contributed by atoms with van der Waals surface area (Å²) in [6.45, 7) is 4.90. The lowest BCUT2D eigenvalue weighted by molar-refractivity contribution is -0.192. The summed E-state index contributed by atoms with van der Waals surface area (Å²) in [6, 6.07) is 9.26. The van der Waals surface area contributed by atoms with Crippen LogP contribution in [0.5, 0.6) is 0 Å². The standard InChI is InChI=1S/C22H23N5O4S3.C2HF3O2/c1-14-5-10-32-21(14)34(30,31)25-17-4-2-3-15-11-18(24-19(15)17)20-23-12-16(33-20)13-26-6-8-27(9-7-26)22(28)29;3-2(4,5)1(6)7/h2-5,10-12,24-25H,6-9,13H2,1H3,(H,28,29);(H,6,7). The Kier molecular flexibility index (Phi) is 8.91. The predicted molar refractivity (Wildman–Crippen MR) is 148 cm³/mol. The number of nitrogens with one attached hydrogen (secondary N) is 2. The molecule has 1 amide bonds. The van der Waals surface area contributed by atoms with Crippen molar-refractivity contribution >= 4 is 61.3 Å². The van der Waals surface area contributed by atoms with Crippen LogP contribution in [0.15, 0.2) is 46.1 Å². The number of para-hydroxylation sites is 1. The molecule has 0 saturated carbocycles. The second kappa shape index (κ2) is 12.1. The predicted octanol–water partition coefficient (Wildman–Crippen LogP) is 4.89. The van der Waals surface area contributed by atoms with Gasteiger partial charge in [-0.25, -0.2) is 23.0 Å². The molecule has 11 nitrogen and oxygen atoms in total. The summed E-state index contributed by atoms with van der Waals surface area (Å²) in [6.07, 6.45) is -4.11. The van der Waals surface area contributed by atoms with Gasteiger partial charge >= 0.3 is 18.2 Å². The number of rotatable bonds is 6. The number of carboxylic acid groups (broad SMARTS) is 2. The molecule has 0 aliphatic carbocycles. The van der Waals surface area contributed by atoms with Gasteiger partial charge < -0.3 is 20.1 Å². The lowest BCUT2D eigenvalue weighted by atomic mass is 10.2. The molecule has 0 bridgehead atoms. The van der Waals surface area contributed by atoms with Crippen LogP contribution < -0.4 is 4.72 Å². The van der Waals surface area contributed by atoms with Crippen LogP contribution >= 0.6 is 22.7 Å². The number of thiazole rings is 1. The molecule has 4 N–H and O–H groups in total. The number of halogens is 3. The third-order valence-electron chi connectivity index (χ3n) is 6.01. The van der Waals surface area contributed by atoms with Crippen molar-refractivity contribution in [3.8, 4) is 10.7 Å². The van der Waals surface area contributed by atoms with E-state index in [0.29, 0.717) is 41.6 Å². The molecule has 1 aliphatic heterocycles. The number of sulfonamides is 1. The molecule has 41 heavy (non-hydrogen) atoms. The average Bonchev–Trinajstić information content (AvgIpc) is 3.64. The zero-order chi connectivity index (χ0) is 29.9. The van der Waals surface area contributed by atoms with Crippen LogP contribution in [0.1, 0.15) is 10.4 Å². The van der Waals surface area contributed by atoms with Gasteiger partial charge in [-0.05, 0) is 36.1 Å². The van der Waals surface area contributed by atoms with E-state index in [1.807, 2.05) is 24.4 Å². The first-order chi connectivity index (χ1) is 19.2. The van der Waals surface area contributed by atoms with Gasteiger partial charge in [0.2, 0.25) is 0 Å². The van der Waals surface area contributed by atoms with Gasteiger partial charge in [-0.2, -0.15) is 13.2 Å². The maximum Gasteiger partial charge on any atom is 0.490 e. The van der Waals surface area contributed by atoms with Crippen molar-refractivity contribution in [2.45, 2.75) is 23.9 Å². The Morgan fingerprint density at radius 2 is 1.83 bits per heavy atom. The smallest absolute Gasteiger partial charge is 0.475 e. The van der Waals surface area contributed by atoms with Crippen LogP contribution in [0.3, 0.4) is 0 Å². The zero-order valence-electron chi connectivity index (χ0n) is 21.3. The van der Waals surface area contributed by atoms with Crippen LogP contribution in [0, 0.1) is 6.92 Å². The number of aryl methyl sites for hydroxylation is 1. The average molecular weight is 632 g/mol. The molecule has 1 saturated heterocycles. The van der Waals surface area contributed by atoms with Crippen molar-refractivity contribution in [2.75, 3.05) is 30.9 Å².